The van der Waals surface area contributed by atoms with Gasteiger partial charge in [0.25, 0.3) is 5.89 Å². The molecule has 0 unspecified atom stereocenters. The van der Waals surface area contributed by atoms with Crippen molar-refractivity contribution in [1.29, 1.82) is 0 Å². The van der Waals surface area contributed by atoms with E-state index in [4.69, 9.17) is 14.4 Å². The van der Waals surface area contributed by atoms with E-state index in [1.54, 1.807) is 23.7 Å². The fourth-order valence-electron chi connectivity index (χ4n) is 2.81. The molecule has 0 radical (unpaired) electrons. The molecule has 1 saturated heterocycles. The maximum Gasteiger partial charge on any atom is 0.407 e. The molecule has 9 heteroatoms. The van der Waals surface area contributed by atoms with Crippen LogP contribution in [0.15, 0.2) is 29.0 Å². The van der Waals surface area contributed by atoms with Gasteiger partial charge in [-0.3, -0.25) is 4.98 Å². The van der Waals surface area contributed by atoms with Gasteiger partial charge < -0.3 is 19.3 Å². The summed E-state index contributed by atoms with van der Waals surface area (Å²) in [5.74, 6) is 0.965. The summed E-state index contributed by atoms with van der Waals surface area (Å²) >= 11 is 1.57. The highest BCUT2D eigenvalue weighted by molar-refractivity contribution is 7.22. The number of hydrogen-bond acceptors (Lipinski definition) is 7. The smallest absolute Gasteiger partial charge is 0.407 e. The Labute approximate surface area is 147 Å². The van der Waals surface area contributed by atoms with Crippen molar-refractivity contribution in [3.05, 3.63) is 30.4 Å². The molecule has 8 nitrogen and oxygen atoms in total. The minimum absolute atomic E-state index is 0.0213. The van der Waals surface area contributed by atoms with Gasteiger partial charge in [-0.1, -0.05) is 5.16 Å². The van der Waals surface area contributed by atoms with E-state index in [1.807, 2.05) is 12.1 Å². The SMILES string of the molecule is O=C(O)N1CCC(OCc2noc(-c3cc4cnccc4s3)n2)CC1. The number of thiophene rings is 1. The normalized spacial score (nSPS) is 15.8. The average Bonchev–Trinajstić information content (AvgIpc) is 3.26. The summed E-state index contributed by atoms with van der Waals surface area (Å²) in [4.78, 5) is 21.7. The van der Waals surface area contributed by atoms with E-state index in [2.05, 4.69) is 15.1 Å². The Morgan fingerprint density at radius 3 is 3.04 bits per heavy atom. The van der Waals surface area contributed by atoms with E-state index in [-0.39, 0.29) is 12.7 Å². The number of carboxylic acid groups (broad SMARTS) is 1. The average molecular weight is 360 g/mol. The van der Waals surface area contributed by atoms with Gasteiger partial charge in [-0.05, 0) is 25.0 Å². The van der Waals surface area contributed by atoms with Crippen LogP contribution in [0.5, 0.6) is 0 Å². The van der Waals surface area contributed by atoms with E-state index in [0.717, 1.165) is 15.0 Å². The first-order valence-corrected chi connectivity index (χ1v) is 8.76. The Bertz CT molecular complexity index is 852. The third-order valence-corrected chi connectivity index (χ3v) is 5.26. The zero-order valence-corrected chi connectivity index (χ0v) is 14.1. The van der Waals surface area contributed by atoms with Crippen LogP contribution in [0.4, 0.5) is 4.79 Å². The molecule has 130 valence electrons. The highest BCUT2D eigenvalue weighted by Crippen LogP contribution is 2.32. The lowest BCUT2D eigenvalue weighted by Gasteiger charge is -2.29. The monoisotopic (exact) mass is 360 g/mol. The summed E-state index contributed by atoms with van der Waals surface area (Å²) in [5.41, 5.74) is 0. The Morgan fingerprint density at radius 1 is 1.44 bits per heavy atom. The zero-order valence-electron chi connectivity index (χ0n) is 13.3. The summed E-state index contributed by atoms with van der Waals surface area (Å²) in [7, 11) is 0. The van der Waals surface area contributed by atoms with Gasteiger partial charge in [0.05, 0.1) is 11.0 Å². The number of amides is 1. The molecule has 0 saturated carbocycles. The summed E-state index contributed by atoms with van der Waals surface area (Å²) in [5, 5.41) is 14.0. The molecule has 3 aromatic heterocycles. The molecule has 1 amide bonds. The van der Waals surface area contributed by atoms with Crippen molar-refractivity contribution in [2.45, 2.75) is 25.6 Å². The molecular weight excluding hydrogens is 344 g/mol. The molecule has 0 atom stereocenters. The standard InChI is InChI=1S/C16H16N4O4S/c21-16(22)20-5-2-11(3-6-20)23-9-14-18-15(24-19-14)13-7-10-8-17-4-1-12(10)25-13/h1,4,7-8,11H,2-3,5-6,9H2,(H,21,22). The molecule has 0 bridgehead atoms. The van der Waals surface area contributed by atoms with Crippen molar-refractivity contribution < 1.29 is 19.2 Å². The fraction of sp³-hybridized carbons (Fsp3) is 0.375. The number of likely N-dealkylation sites (tertiary alicyclic amines) is 1. The minimum atomic E-state index is -0.875. The first-order valence-electron chi connectivity index (χ1n) is 7.95. The molecular formula is C16H16N4O4S. The van der Waals surface area contributed by atoms with E-state index in [1.165, 1.54) is 4.90 Å². The van der Waals surface area contributed by atoms with Crippen molar-refractivity contribution in [1.82, 2.24) is 20.0 Å². The van der Waals surface area contributed by atoms with Crippen molar-refractivity contribution >= 4 is 27.5 Å². The van der Waals surface area contributed by atoms with Crippen molar-refractivity contribution in [2.75, 3.05) is 13.1 Å². The molecule has 0 aromatic carbocycles. The fourth-order valence-corrected chi connectivity index (χ4v) is 3.76. The van der Waals surface area contributed by atoms with Gasteiger partial charge >= 0.3 is 6.09 Å². The van der Waals surface area contributed by atoms with Crippen LogP contribution in [-0.2, 0) is 11.3 Å². The number of carbonyl (C=O) groups is 1. The Morgan fingerprint density at radius 2 is 2.28 bits per heavy atom. The van der Waals surface area contributed by atoms with E-state index in [9.17, 15) is 4.79 Å². The second kappa shape index (κ2) is 6.77. The van der Waals surface area contributed by atoms with Crippen LogP contribution in [-0.4, -0.2) is 50.4 Å². The van der Waals surface area contributed by atoms with Crippen LogP contribution in [0.2, 0.25) is 0 Å². The van der Waals surface area contributed by atoms with E-state index < -0.39 is 6.09 Å². The number of piperidine rings is 1. The molecule has 3 aromatic rings. The summed E-state index contributed by atoms with van der Waals surface area (Å²) in [6.45, 7) is 1.24. The number of nitrogens with zero attached hydrogens (tertiary/aromatic N) is 4. The topological polar surface area (TPSA) is 102 Å². The summed E-state index contributed by atoms with van der Waals surface area (Å²) in [6, 6.07) is 3.93. The highest BCUT2D eigenvalue weighted by Gasteiger charge is 2.23. The van der Waals surface area contributed by atoms with Crippen LogP contribution in [0.25, 0.3) is 20.9 Å². The molecule has 1 aliphatic heterocycles. The number of fused-ring (bicyclic) bond motifs is 1. The third kappa shape index (κ3) is 3.47. The summed E-state index contributed by atoms with van der Waals surface area (Å²) < 4.78 is 12.2. The van der Waals surface area contributed by atoms with Gasteiger partial charge in [0, 0.05) is 35.6 Å². The molecule has 0 spiro atoms. The molecule has 1 fully saturated rings. The third-order valence-electron chi connectivity index (χ3n) is 4.16. The van der Waals surface area contributed by atoms with E-state index in [0.29, 0.717) is 37.6 Å². The maximum absolute atomic E-state index is 10.9. The first kappa shape index (κ1) is 16.0. The van der Waals surface area contributed by atoms with Crippen molar-refractivity contribution in [2.24, 2.45) is 0 Å². The minimum Gasteiger partial charge on any atom is -0.465 e. The van der Waals surface area contributed by atoms with Crippen molar-refractivity contribution in [3.8, 4) is 10.8 Å². The van der Waals surface area contributed by atoms with E-state index >= 15 is 0 Å². The highest BCUT2D eigenvalue weighted by atomic mass is 32.1. The van der Waals surface area contributed by atoms with Gasteiger partial charge in [0.2, 0.25) is 0 Å². The van der Waals surface area contributed by atoms with Crippen molar-refractivity contribution in [3.63, 3.8) is 0 Å². The zero-order chi connectivity index (χ0) is 17.2. The predicted octanol–water partition coefficient (Wildman–Crippen LogP) is 3.01. The quantitative estimate of drug-likeness (QED) is 0.763. The number of rotatable bonds is 4. The van der Waals surface area contributed by atoms with Gasteiger partial charge in [-0.15, -0.1) is 11.3 Å². The number of ether oxygens (including phenoxy) is 1. The van der Waals surface area contributed by atoms with Crippen LogP contribution >= 0.6 is 11.3 Å². The molecule has 25 heavy (non-hydrogen) atoms. The van der Waals surface area contributed by atoms with Gasteiger partial charge in [-0.25, -0.2) is 4.79 Å². The predicted molar refractivity (Wildman–Crippen MR) is 90.3 cm³/mol. The maximum atomic E-state index is 10.9. The second-order valence-corrected chi connectivity index (χ2v) is 6.90. The molecule has 4 rings (SSSR count). The molecule has 4 heterocycles. The summed E-state index contributed by atoms with van der Waals surface area (Å²) in [6.07, 6.45) is 4.07. The van der Waals surface area contributed by atoms with Crippen LogP contribution in [0.1, 0.15) is 18.7 Å². The van der Waals surface area contributed by atoms with Crippen LogP contribution in [0, 0.1) is 0 Å². The molecule has 1 N–H and O–H groups in total. The lowest BCUT2D eigenvalue weighted by molar-refractivity contribution is -0.00294. The lowest BCUT2D eigenvalue weighted by atomic mass is 10.1. The Hall–Kier alpha value is -2.52. The molecule has 1 aliphatic rings. The van der Waals surface area contributed by atoms with Gasteiger partial charge in [-0.2, -0.15) is 4.98 Å². The van der Waals surface area contributed by atoms with Gasteiger partial charge in [0.15, 0.2) is 5.82 Å². The van der Waals surface area contributed by atoms with Gasteiger partial charge in [0.1, 0.15) is 6.61 Å². The molecule has 0 aliphatic carbocycles. The first-order chi connectivity index (χ1) is 12.2. The number of aromatic nitrogens is 3. The Kier molecular flexibility index (Phi) is 4.33. The number of pyridine rings is 1. The second-order valence-electron chi connectivity index (χ2n) is 5.82. The lowest BCUT2D eigenvalue weighted by Crippen LogP contribution is -2.40. The van der Waals surface area contributed by atoms with Crippen LogP contribution in [0.3, 0.4) is 0 Å². The largest absolute Gasteiger partial charge is 0.465 e. The number of hydrogen-bond donors (Lipinski definition) is 1. The van der Waals surface area contributed by atoms with Crippen LogP contribution < -0.4 is 0 Å². The Balaban J connectivity index is 1.36.